The van der Waals surface area contributed by atoms with E-state index >= 15 is 0 Å². The van der Waals surface area contributed by atoms with E-state index in [0.29, 0.717) is 28.5 Å². The van der Waals surface area contributed by atoms with Crippen LogP contribution in [0.5, 0.6) is 0 Å². The molecule has 2 aromatic heterocycles. The van der Waals surface area contributed by atoms with Crippen LogP contribution in [0.15, 0.2) is 45.8 Å². The lowest BCUT2D eigenvalue weighted by molar-refractivity contribution is -0.116. The summed E-state index contributed by atoms with van der Waals surface area (Å²) >= 11 is 0. The summed E-state index contributed by atoms with van der Waals surface area (Å²) in [5, 5.41) is 11.5. The molecular formula is C21H25N5O5S. The number of hydrogen-bond acceptors (Lipinski definition) is 7. The van der Waals surface area contributed by atoms with Gasteiger partial charge in [0.05, 0.1) is 18.0 Å². The number of Topliss-reactive ketones (excluding diaryl/α,β-unsaturated/α-hetero) is 1. The minimum Gasteiger partial charge on any atom is -0.360 e. The molecule has 3 rings (SSSR count). The first kappa shape index (κ1) is 23.4. The van der Waals surface area contributed by atoms with Gasteiger partial charge in [-0.05, 0) is 58.2 Å². The Morgan fingerprint density at radius 3 is 2.34 bits per heavy atom. The molecule has 0 radical (unpaired) electrons. The number of benzene rings is 1. The number of nitrogens with two attached hydrogens (primary N) is 1. The molecule has 0 aliphatic heterocycles. The molecule has 10 nitrogen and oxygen atoms in total. The van der Waals surface area contributed by atoms with E-state index in [9.17, 15) is 18.0 Å². The van der Waals surface area contributed by atoms with Gasteiger partial charge >= 0.3 is 0 Å². The van der Waals surface area contributed by atoms with Gasteiger partial charge in [-0.15, -0.1) is 0 Å². The van der Waals surface area contributed by atoms with E-state index in [1.165, 1.54) is 12.1 Å². The van der Waals surface area contributed by atoms with E-state index in [2.05, 4.69) is 10.5 Å². The highest BCUT2D eigenvalue weighted by molar-refractivity contribution is 7.89. The maximum absolute atomic E-state index is 12.9. The summed E-state index contributed by atoms with van der Waals surface area (Å²) in [5.74, 6) is 0.454. The zero-order valence-electron chi connectivity index (χ0n) is 18.2. The van der Waals surface area contributed by atoms with Crippen molar-refractivity contribution < 1.29 is 22.5 Å². The van der Waals surface area contributed by atoms with E-state index < -0.39 is 10.0 Å². The van der Waals surface area contributed by atoms with Gasteiger partial charge in [0.2, 0.25) is 15.9 Å². The predicted molar refractivity (Wildman–Crippen MR) is 118 cm³/mol. The molecule has 0 spiro atoms. The molecule has 0 fully saturated rings. The highest BCUT2D eigenvalue weighted by Crippen LogP contribution is 2.22. The molecule has 170 valence electrons. The largest absolute Gasteiger partial charge is 0.360 e. The average molecular weight is 460 g/mol. The van der Waals surface area contributed by atoms with Crippen molar-refractivity contribution in [3.05, 3.63) is 59.1 Å². The third-order valence-corrected chi connectivity index (χ3v) is 5.81. The Hall–Kier alpha value is -3.28. The van der Waals surface area contributed by atoms with Crippen molar-refractivity contribution in [1.29, 1.82) is 0 Å². The van der Waals surface area contributed by atoms with Crippen LogP contribution in [0.3, 0.4) is 0 Å². The summed E-state index contributed by atoms with van der Waals surface area (Å²) in [6, 6.07) is 9.50. The Morgan fingerprint density at radius 2 is 1.78 bits per heavy atom. The number of amides is 1. The number of sulfonamides is 1. The Kier molecular flexibility index (Phi) is 6.63. The third-order valence-electron chi connectivity index (χ3n) is 4.88. The second-order valence-corrected chi connectivity index (χ2v) is 9.19. The molecule has 32 heavy (non-hydrogen) atoms. The molecule has 0 atom stereocenters. The van der Waals surface area contributed by atoms with E-state index in [1.807, 2.05) is 18.4 Å². The minimum absolute atomic E-state index is 0.00537. The highest BCUT2D eigenvalue weighted by atomic mass is 32.2. The lowest BCUT2D eigenvalue weighted by atomic mass is 10.1. The lowest BCUT2D eigenvalue weighted by Gasteiger charge is -2.15. The topological polar surface area (TPSA) is 141 Å². The SMILES string of the molecule is Cc1cc(NC(=O)CN(C)CC(=O)c2cc(C)n(-c3ccc(S(N)(=O)=O)cc3)c2C)no1. The van der Waals surface area contributed by atoms with Crippen LogP contribution in [0.25, 0.3) is 5.69 Å². The molecule has 0 aliphatic carbocycles. The number of likely N-dealkylation sites (N-methyl/N-ethyl adjacent to an activating group) is 1. The first-order chi connectivity index (χ1) is 15.0. The molecule has 1 amide bonds. The van der Waals surface area contributed by atoms with Gasteiger partial charge in [-0.1, -0.05) is 5.16 Å². The first-order valence-corrected chi connectivity index (χ1v) is 11.3. The zero-order valence-corrected chi connectivity index (χ0v) is 19.1. The predicted octanol–water partition coefficient (Wildman–Crippen LogP) is 1.79. The monoisotopic (exact) mass is 459 g/mol. The second kappa shape index (κ2) is 9.07. The Morgan fingerprint density at radius 1 is 1.12 bits per heavy atom. The molecule has 1 aromatic carbocycles. The van der Waals surface area contributed by atoms with Crippen LogP contribution in [0.4, 0.5) is 5.82 Å². The maximum atomic E-state index is 12.9. The quantitative estimate of drug-likeness (QED) is 0.489. The molecule has 3 aromatic rings. The van der Waals surface area contributed by atoms with Gasteiger partial charge in [-0.3, -0.25) is 14.5 Å². The fraction of sp³-hybridized carbons (Fsp3) is 0.286. The molecule has 0 aliphatic rings. The van der Waals surface area contributed by atoms with E-state index in [-0.39, 0.29) is 29.7 Å². The Bertz CT molecular complexity index is 1260. The van der Waals surface area contributed by atoms with Gasteiger partial charge < -0.3 is 14.4 Å². The fourth-order valence-corrected chi connectivity index (χ4v) is 3.98. The van der Waals surface area contributed by atoms with Crippen LogP contribution in [-0.2, 0) is 14.8 Å². The average Bonchev–Trinajstić information content (AvgIpc) is 3.22. The van der Waals surface area contributed by atoms with Crippen LogP contribution in [0.2, 0.25) is 0 Å². The van der Waals surface area contributed by atoms with Gasteiger partial charge in [0.25, 0.3) is 0 Å². The molecule has 0 unspecified atom stereocenters. The number of nitrogens with zero attached hydrogens (tertiary/aromatic N) is 3. The van der Waals surface area contributed by atoms with Crippen molar-refractivity contribution >= 4 is 27.5 Å². The van der Waals surface area contributed by atoms with Crippen LogP contribution >= 0.6 is 0 Å². The van der Waals surface area contributed by atoms with E-state index in [0.717, 1.165) is 5.69 Å². The van der Waals surface area contributed by atoms with Gasteiger partial charge in [0.15, 0.2) is 11.6 Å². The minimum atomic E-state index is -3.78. The molecule has 3 N–H and O–H groups in total. The smallest absolute Gasteiger partial charge is 0.239 e. The number of nitrogens with one attached hydrogen (secondary N) is 1. The first-order valence-electron chi connectivity index (χ1n) is 9.73. The van der Waals surface area contributed by atoms with Gasteiger partial charge in [0, 0.05) is 28.7 Å². The number of anilines is 1. The van der Waals surface area contributed by atoms with Crippen LogP contribution in [0.1, 0.15) is 27.5 Å². The normalized spacial score (nSPS) is 11.7. The van der Waals surface area contributed by atoms with Crippen LogP contribution in [-0.4, -0.2) is 54.9 Å². The summed E-state index contributed by atoms with van der Waals surface area (Å²) < 4.78 is 29.7. The van der Waals surface area contributed by atoms with Gasteiger partial charge in [-0.2, -0.15) is 0 Å². The molecule has 11 heteroatoms. The maximum Gasteiger partial charge on any atom is 0.239 e. The van der Waals surface area contributed by atoms with Crippen molar-refractivity contribution in [2.24, 2.45) is 5.14 Å². The standard InChI is InChI=1S/C21H25N5O5S/c1-13-9-18(15(3)26(13)16-5-7-17(8-6-16)32(22,29)30)19(27)11-25(4)12-21(28)23-20-10-14(2)31-24-20/h5-10H,11-12H2,1-4H3,(H2,22,29,30)(H,23,24,28). The van der Waals surface area contributed by atoms with Crippen LogP contribution in [0, 0.1) is 20.8 Å². The zero-order chi connectivity index (χ0) is 23.6. The number of carbonyl (C=O) groups is 2. The molecule has 0 saturated carbocycles. The number of carbonyl (C=O) groups excluding carboxylic acids is 2. The number of hydrogen-bond donors (Lipinski definition) is 2. The summed E-state index contributed by atoms with van der Waals surface area (Å²) in [6.45, 7) is 5.44. The Labute approximate surface area is 186 Å². The summed E-state index contributed by atoms with van der Waals surface area (Å²) in [7, 11) is -2.11. The van der Waals surface area contributed by atoms with Crippen molar-refractivity contribution in [3.63, 3.8) is 0 Å². The third kappa shape index (κ3) is 5.31. The molecule has 2 heterocycles. The second-order valence-electron chi connectivity index (χ2n) is 7.63. The lowest BCUT2D eigenvalue weighted by Crippen LogP contribution is -2.34. The van der Waals surface area contributed by atoms with E-state index in [1.54, 1.807) is 43.1 Å². The van der Waals surface area contributed by atoms with Crippen molar-refractivity contribution in [2.75, 3.05) is 25.5 Å². The number of rotatable bonds is 8. The molecule has 0 bridgehead atoms. The summed E-state index contributed by atoms with van der Waals surface area (Å²) in [6.07, 6.45) is 0. The molecule has 0 saturated heterocycles. The van der Waals surface area contributed by atoms with Crippen LogP contribution < -0.4 is 10.5 Å². The number of ketones is 1. The van der Waals surface area contributed by atoms with Crippen molar-refractivity contribution in [3.8, 4) is 5.69 Å². The van der Waals surface area contributed by atoms with E-state index in [4.69, 9.17) is 9.66 Å². The molecular weight excluding hydrogens is 434 g/mol. The number of aromatic nitrogens is 2. The van der Waals surface area contributed by atoms with Gasteiger partial charge in [-0.25, -0.2) is 13.6 Å². The Balaban J connectivity index is 1.70. The fourth-order valence-electron chi connectivity index (χ4n) is 3.47. The number of primary sulfonamides is 1. The van der Waals surface area contributed by atoms with Gasteiger partial charge in [0.1, 0.15) is 5.76 Å². The highest BCUT2D eigenvalue weighted by Gasteiger charge is 2.19. The summed E-state index contributed by atoms with van der Waals surface area (Å²) in [5.41, 5.74) is 2.77. The van der Waals surface area contributed by atoms with Crippen molar-refractivity contribution in [2.45, 2.75) is 25.7 Å². The van der Waals surface area contributed by atoms with Crippen molar-refractivity contribution in [1.82, 2.24) is 14.6 Å². The summed E-state index contributed by atoms with van der Waals surface area (Å²) in [4.78, 5) is 26.7. The number of aryl methyl sites for hydroxylation is 2.